The number of nitrogens with two attached hydrogens (primary N) is 1. The summed E-state index contributed by atoms with van der Waals surface area (Å²) in [6.45, 7) is 0. The second-order valence-electron chi connectivity index (χ2n) is 6.12. The number of nitrogens with zero attached hydrogens (tertiary/aromatic N) is 1. The molecule has 8 heteroatoms. The van der Waals surface area contributed by atoms with Gasteiger partial charge in [-0.15, -0.1) is 0 Å². The number of likely N-dealkylation sites (N-methyl/N-ethyl adjacent to an activating group) is 1. The number of carbonyl (C=O) groups excluding carboxylic acids is 1. The van der Waals surface area contributed by atoms with Gasteiger partial charge in [0.1, 0.15) is 17.3 Å². The second-order valence-corrected chi connectivity index (χ2v) is 6.12. The summed E-state index contributed by atoms with van der Waals surface area (Å²) >= 11 is 0. The van der Waals surface area contributed by atoms with Crippen LogP contribution in [-0.4, -0.2) is 37.4 Å². The number of amides is 1. The molecule has 146 valence electrons. The van der Waals surface area contributed by atoms with Crippen LogP contribution in [0.2, 0.25) is 0 Å². The van der Waals surface area contributed by atoms with Crippen LogP contribution in [0.3, 0.4) is 0 Å². The molecule has 0 fully saturated rings. The molecule has 1 heterocycles. The van der Waals surface area contributed by atoms with E-state index in [2.05, 4.69) is 15.5 Å². The quantitative estimate of drug-likeness (QED) is 0.579. The van der Waals surface area contributed by atoms with Gasteiger partial charge in [-0.2, -0.15) is 5.10 Å². The first kappa shape index (κ1) is 19.4. The van der Waals surface area contributed by atoms with Gasteiger partial charge >= 0.3 is 0 Å². The first-order chi connectivity index (χ1) is 13.5. The van der Waals surface area contributed by atoms with Gasteiger partial charge in [-0.1, -0.05) is 12.1 Å². The molecule has 0 aliphatic heterocycles. The first-order valence-electron chi connectivity index (χ1n) is 8.48. The van der Waals surface area contributed by atoms with Gasteiger partial charge < -0.3 is 15.2 Å². The number of aromatic amines is 1. The number of aromatic nitrogens is 2. The lowest BCUT2D eigenvalue weighted by atomic mass is 9.81. The maximum atomic E-state index is 15.3. The largest absolute Gasteiger partial charge is 0.497 e. The lowest BCUT2D eigenvalue weighted by Gasteiger charge is -2.32. The second kappa shape index (κ2) is 7.69. The third-order valence-electron chi connectivity index (χ3n) is 4.75. The molecule has 28 heavy (non-hydrogen) atoms. The molecule has 3 rings (SSSR count). The molecule has 0 aliphatic carbocycles. The zero-order chi connectivity index (χ0) is 20.3. The number of hydrogen-bond donors (Lipinski definition) is 3. The van der Waals surface area contributed by atoms with E-state index >= 15 is 4.39 Å². The van der Waals surface area contributed by atoms with E-state index in [4.69, 9.17) is 15.2 Å². The Morgan fingerprint density at radius 3 is 2.61 bits per heavy atom. The molecule has 4 N–H and O–H groups in total. The molecular weight excluding hydrogens is 363 g/mol. The highest BCUT2D eigenvalue weighted by Gasteiger charge is 2.42. The van der Waals surface area contributed by atoms with Crippen LogP contribution in [0.1, 0.15) is 11.1 Å². The topological polar surface area (TPSA) is 102 Å². The lowest BCUT2D eigenvalue weighted by molar-refractivity contribution is -0.123. The molecule has 2 aromatic carbocycles. The number of nitrogens with one attached hydrogen (secondary N) is 2. The molecule has 1 amide bonds. The Labute approximate surface area is 161 Å². The first-order valence-corrected chi connectivity index (χ1v) is 8.48. The number of methoxy groups -OCH3 is 2. The number of primary amides is 1. The van der Waals surface area contributed by atoms with Crippen LogP contribution in [0, 0.1) is 5.82 Å². The third-order valence-corrected chi connectivity index (χ3v) is 4.75. The number of H-pyrrole nitrogens is 1. The average Bonchev–Trinajstić information content (AvgIpc) is 3.24. The van der Waals surface area contributed by atoms with E-state index in [0.29, 0.717) is 28.2 Å². The van der Waals surface area contributed by atoms with Gasteiger partial charge in [-0.25, -0.2) is 4.39 Å². The SMILES string of the molecule is CNC(C(N)=O)(c1cccc(OC)c1)c1cc(OC)c(-c2cn[nH]c2)cc1F. The van der Waals surface area contributed by atoms with E-state index in [9.17, 15) is 4.79 Å². The smallest absolute Gasteiger partial charge is 0.247 e. The van der Waals surface area contributed by atoms with E-state index in [1.165, 1.54) is 26.4 Å². The van der Waals surface area contributed by atoms with E-state index in [1.54, 1.807) is 43.7 Å². The van der Waals surface area contributed by atoms with Crippen LogP contribution < -0.4 is 20.5 Å². The van der Waals surface area contributed by atoms with Crippen LogP contribution in [-0.2, 0) is 10.3 Å². The maximum Gasteiger partial charge on any atom is 0.247 e. The van der Waals surface area contributed by atoms with Crippen molar-refractivity contribution in [2.75, 3.05) is 21.3 Å². The summed E-state index contributed by atoms with van der Waals surface area (Å²) in [5.74, 6) is -0.490. The summed E-state index contributed by atoms with van der Waals surface area (Å²) in [6, 6.07) is 9.52. The number of hydrogen-bond acceptors (Lipinski definition) is 5. The summed E-state index contributed by atoms with van der Waals surface area (Å²) in [4.78, 5) is 12.6. The van der Waals surface area contributed by atoms with Crippen molar-refractivity contribution in [2.45, 2.75) is 5.54 Å². The number of benzene rings is 2. The minimum atomic E-state index is -1.62. The normalized spacial score (nSPS) is 13.0. The van der Waals surface area contributed by atoms with E-state index < -0.39 is 17.3 Å². The molecule has 0 spiro atoms. The Morgan fingerprint density at radius 2 is 2.04 bits per heavy atom. The number of ether oxygens (including phenoxy) is 2. The van der Waals surface area contributed by atoms with Crippen molar-refractivity contribution in [3.8, 4) is 22.6 Å². The summed E-state index contributed by atoms with van der Waals surface area (Å²) < 4.78 is 26.0. The summed E-state index contributed by atoms with van der Waals surface area (Å²) in [7, 11) is 4.52. The van der Waals surface area contributed by atoms with E-state index in [0.717, 1.165) is 0 Å². The predicted molar refractivity (Wildman–Crippen MR) is 103 cm³/mol. The van der Waals surface area contributed by atoms with Crippen molar-refractivity contribution in [2.24, 2.45) is 5.73 Å². The molecule has 1 unspecified atom stereocenters. The number of carbonyl (C=O) groups is 1. The van der Waals surface area contributed by atoms with Crippen LogP contribution in [0.15, 0.2) is 48.8 Å². The number of halogens is 1. The Morgan fingerprint density at radius 1 is 1.25 bits per heavy atom. The summed E-state index contributed by atoms with van der Waals surface area (Å²) in [5, 5.41) is 9.47. The van der Waals surface area contributed by atoms with Gasteiger partial charge in [0.15, 0.2) is 5.54 Å². The minimum absolute atomic E-state index is 0.0415. The molecule has 0 bridgehead atoms. The minimum Gasteiger partial charge on any atom is -0.497 e. The Hall–Kier alpha value is -3.39. The predicted octanol–water partition coefficient (Wildman–Crippen LogP) is 2.18. The standard InChI is InChI=1S/C20H21FN4O3/c1-23-20(19(22)26,13-5-4-6-14(7-13)27-2)16-9-18(28-3)15(8-17(16)21)12-10-24-25-11-12/h4-11,23H,1-3H3,(H2,22,26)(H,24,25). The van der Waals surface area contributed by atoms with Crippen LogP contribution in [0.5, 0.6) is 11.5 Å². The number of rotatable bonds is 7. The van der Waals surface area contributed by atoms with E-state index in [-0.39, 0.29) is 5.56 Å². The summed E-state index contributed by atoms with van der Waals surface area (Å²) in [6.07, 6.45) is 3.18. The molecule has 0 radical (unpaired) electrons. The Bertz CT molecular complexity index is 991. The fraction of sp³-hybridized carbons (Fsp3) is 0.200. The molecule has 7 nitrogen and oxygen atoms in total. The highest BCUT2D eigenvalue weighted by atomic mass is 19.1. The molecular formula is C20H21FN4O3. The van der Waals surface area contributed by atoms with Gasteiger partial charge in [0.25, 0.3) is 0 Å². The highest BCUT2D eigenvalue weighted by Crippen LogP contribution is 2.39. The fourth-order valence-electron chi connectivity index (χ4n) is 3.32. The van der Waals surface area contributed by atoms with Crippen molar-refractivity contribution in [3.63, 3.8) is 0 Å². The monoisotopic (exact) mass is 384 g/mol. The lowest BCUT2D eigenvalue weighted by Crippen LogP contribution is -2.52. The van der Waals surface area contributed by atoms with Crippen LogP contribution in [0.25, 0.3) is 11.1 Å². The molecule has 1 aromatic heterocycles. The highest BCUT2D eigenvalue weighted by molar-refractivity contribution is 5.91. The zero-order valence-electron chi connectivity index (χ0n) is 15.7. The fourth-order valence-corrected chi connectivity index (χ4v) is 3.32. The molecule has 3 aromatic rings. The summed E-state index contributed by atoms with van der Waals surface area (Å²) in [5.41, 5.74) is 5.78. The average molecular weight is 384 g/mol. The van der Waals surface area contributed by atoms with Crippen molar-refractivity contribution >= 4 is 5.91 Å². The molecule has 0 saturated carbocycles. The molecule has 1 atom stereocenters. The van der Waals surface area contributed by atoms with Gasteiger partial charge in [-0.3, -0.25) is 15.2 Å². The third kappa shape index (κ3) is 3.07. The zero-order valence-corrected chi connectivity index (χ0v) is 15.7. The van der Waals surface area contributed by atoms with Gasteiger partial charge in [0.2, 0.25) is 5.91 Å². The Kier molecular flexibility index (Phi) is 5.32. The molecule has 0 saturated heterocycles. The van der Waals surface area contributed by atoms with Gasteiger partial charge in [-0.05, 0) is 36.9 Å². The van der Waals surface area contributed by atoms with Gasteiger partial charge in [0.05, 0.1) is 20.4 Å². The van der Waals surface area contributed by atoms with Gasteiger partial charge in [0, 0.05) is 22.9 Å². The van der Waals surface area contributed by atoms with Crippen molar-refractivity contribution < 1.29 is 18.7 Å². The molecule has 0 aliphatic rings. The van der Waals surface area contributed by atoms with Crippen molar-refractivity contribution in [1.82, 2.24) is 15.5 Å². The van der Waals surface area contributed by atoms with Crippen molar-refractivity contribution in [1.29, 1.82) is 0 Å². The van der Waals surface area contributed by atoms with Crippen molar-refractivity contribution in [3.05, 3.63) is 65.7 Å². The Balaban J connectivity index is 2.28. The van der Waals surface area contributed by atoms with E-state index in [1.807, 2.05) is 0 Å². The van der Waals surface area contributed by atoms with Crippen LogP contribution in [0.4, 0.5) is 4.39 Å². The van der Waals surface area contributed by atoms with Crippen LogP contribution >= 0.6 is 0 Å². The maximum absolute atomic E-state index is 15.3.